The number of piperidine rings is 1. The van der Waals surface area contributed by atoms with E-state index in [-0.39, 0.29) is 31.3 Å². The Bertz CT molecular complexity index is 397. The molecule has 2 heterocycles. The SMILES string of the molecule is CC(C)(C)OC(=O)N1CCC(C2=NOCC(CO)O2)CC1. The molecule has 7 heteroatoms. The smallest absolute Gasteiger partial charge is 0.410 e. The third-order valence-electron chi connectivity index (χ3n) is 3.40. The second-order valence-corrected chi connectivity index (χ2v) is 6.39. The van der Waals surface area contributed by atoms with Gasteiger partial charge in [-0.1, -0.05) is 5.16 Å². The number of aliphatic hydroxyl groups is 1. The van der Waals surface area contributed by atoms with Crippen LogP contribution in [0.2, 0.25) is 0 Å². The number of nitrogens with zero attached hydrogens (tertiary/aromatic N) is 2. The first-order chi connectivity index (χ1) is 9.89. The van der Waals surface area contributed by atoms with Gasteiger partial charge in [-0.05, 0) is 33.6 Å². The van der Waals surface area contributed by atoms with Crippen molar-refractivity contribution < 1.29 is 24.2 Å². The van der Waals surface area contributed by atoms with Crippen LogP contribution >= 0.6 is 0 Å². The number of rotatable bonds is 2. The van der Waals surface area contributed by atoms with E-state index in [0.29, 0.717) is 19.0 Å². The van der Waals surface area contributed by atoms with Crippen molar-refractivity contribution in [3.63, 3.8) is 0 Å². The minimum absolute atomic E-state index is 0.0875. The summed E-state index contributed by atoms with van der Waals surface area (Å²) in [6.45, 7) is 6.96. The Hall–Kier alpha value is -1.50. The van der Waals surface area contributed by atoms with E-state index < -0.39 is 5.60 Å². The standard InChI is InChI=1S/C14H24N2O5/c1-14(2,3)21-13(18)16-6-4-10(5-7-16)12-15-19-9-11(8-17)20-12/h10-11,17H,4-9H2,1-3H3. The van der Waals surface area contributed by atoms with Gasteiger partial charge in [-0.25, -0.2) is 4.79 Å². The summed E-state index contributed by atoms with van der Waals surface area (Å²) >= 11 is 0. The van der Waals surface area contributed by atoms with Gasteiger partial charge in [0.1, 0.15) is 5.60 Å². The third kappa shape index (κ3) is 4.49. The highest BCUT2D eigenvalue weighted by Gasteiger charge is 2.32. The Morgan fingerprint density at radius 2 is 2.10 bits per heavy atom. The van der Waals surface area contributed by atoms with Crippen LogP contribution in [-0.2, 0) is 14.3 Å². The molecule has 0 bridgehead atoms. The van der Waals surface area contributed by atoms with Gasteiger partial charge in [0.05, 0.1) is 6.61 Å². The number of carbonyl (C=O) groups excluding carboxylic acids is 1. The summed E-state index contributed by atoms with van der Waals surface area (Å²) in [6, 6.07) is 0. The quantitative estimate of drug-likeness (QED) is 0.832. The summed E-state index contributed by atoms with van der Waals surface area (Å²) in [7, 11) is 0. The molecule has 1 unspecified atom stereocenters. The van der Waals surface area contributed by atoms with Gasteiger partial charge in [0.15, 0.2) is 12.7 Å². The maximum absolute atomic E-state index is 12.0. The van der Waals surface area contributed by atoms with Crippen LogP contribution in [-0.4, -0.2) is 60.0 Å². The molecule has 21 heavy (non-hydrogen) atoms. The molecule has 0 aliphatic carbocycles. The van der Waals surface area contributed by atoms with Crippen LogP contribution in [0.25, 0.3) is 0 Å². The summed E-state index contributed by atoms with van der Waals surface area (Å²) < 4.78 is 11.0. The first-order valence-electron chi connectivity index (χ1n) is 7.34. The maximum atomic E-state index is 12.0. The number of carbonyl (C=O) groups is 1. The lowest BCUT2D eigenvalue weighted by atomic mass is 9.96. The highest BCUT2D eigenvalue weighted by molar-refractivity contribution is 5.79. The van der Waals surface area contributed by atoms with Crippen molar-refractivity contribution in [3.05, 3.63) is 0 Å². The van der Waals surface area contributed by atoms with Crippen molar-refractivity contribution in [2.45, 2.75) is 45.3 Å². The fourth-order valence-electron chi connectivity index (χ4n) is 2.31. The van der Waals surface area contributed by atoms with Gasteiger partial charge in [0.2, 0.25) is 5.90 Å². The Morgan fingerprint density at radius 3 is 2.67 bits per heavy atom. The number of amides is 1. The lowest BCUT2D eigenvalue weighted by Crippen LogP contribution is -2.44. The summed E-state index contributed by atoms with van der Waals surface area (Å²) in [5.74, 6) is 0.655. The highest BCUT2D eigenvalue weighted by atomic mass is 16.7. The highest BCUT2D eigenvalue weighted by Crippen LogP contribution is 2.23. The summed E-state index contributed by atoms with van der Waals surface area (Å²) in [6.07, 6.45) is 0.873. The second kappa shape index (κ2) is 6.51. The van der Waals surface area contributed by atoms with Gasteiger partial charge in [-0.3, -0.25) is 0 Å². The summed E-state index contributed by atoms with van der Waals surface area (Å²) in [4.78, 5) is 18.8. The Labute approximate surface area is 124 Å². The van der Waals surface area contributed by atoms with Gasteiger partial charge in [0.25, 0.3) is 0 Å². The number of ether oxygens (including phenoxy) is 2. The van der Waals surface area contributed by atoms with Gasteiger partial charge in [-0.2, -0.15) is 0 Å². The fourth-order valence-corrected chi connectivity index (χ4v) is 2.31. The molecule has 0 aromatic rings. The molecule has 0 radical (unpaired) electrons. The molecule has 1 atom stereocenters. The largest absolute Gasteiger partial charge is 0.469 e. The molecule has 0 aromatic heterocycles. The van der Waals surface area contributed by atoms with Crippen LogP contribution in [0.5, 0.6) is 0 Å². The van der Waals surface area contributed by atoms with Crippen molar-refractivity contribution in [1.29, 1.82) is 0 Å². The molecule has 1 saturated heterocycles. The molecular formula is C14H24N2O5. The van der Waals surface area contributed by atoms with Crippen LogP contribution < -0.4 is 0 Å². The normalized spacial score (nSPS) is 23.9. The molecule has 2 aliphatic heterocycles. The molecule has 2 rings (SSSR count). The Balaban J connectivity index is 1.83. The second-order valence-electron chi connectivity index (χ2n) is 6.39. The lowest BCUT2D eigenvalue weighted by Gasteiger charge is -2.34. The maximum Gasteiger partial charge on any atom is 0.410 e. The minimum atomic E-state index is -0.479. The van der Waals surface area contributed by atoms with E-state index in [1.807, 2.05) is 20.8 Å². The molecule has 2 aliphatic rings. The zero-order valence-electron chi connectivity index (χ0n) is 12.9. The van der Waals surface area contributed by atoms with E-state index in [0.717, 1.165) is 12.8 Å². The van der Waals surface area contributed by atoms with Crippen molar-refractivity contribution in [3.8, 4) is 0 Å². The molecule has 1 amide bonds. The van der Waals surface area contributed by atoms with E-state index in [9.17, 15) is 4.79 Å². The number of hydrogen-bond acceptors (Lipinski definition) is 6. The van der Waals surface area contributed by atoms with Crippen molar-refractivity contribution in [2.24, 2.45) is 11.1 Å². The molecule has 1 N–H and O–H groups in total. The molecule has 0 spiro atoms. The van der Waals surface area contributed by atoms with E-state index in [1.54, 1.807) is 4.90 Å². The van der Waals surface area contributed by atoms with Crippen molar-refractivity contribution in [1.82, 2.24) is 4.90 Å². The first-order valence-corrected chi connectivity index (χ1v) is 7.34. The monoisotopic (exact) mass is 300 g/mol. The van der Waals surface area contributed by atoms with E-state index in [2.05, 4.69) is 5.16 Å². The average molecular weight is 300 g/mol. The molecule has 7 nitrogen and oxygen atoms in total. The van der Waals surface area contributed by atoms with Gasteiger partial charge in [-0.15, -0.1) is 0 Å². The molecule has 0 saturated carbocycles. The zero-order valence-corrected chi connectivity index (χ0v) is 12.9. The molecule has 0 aromatic carbocycles. The topological polar surface area (TPSA) is 80.6 Å². The molecule has 120 valence electrons. The first kappa shape index (κ1) is 15.9. The predicted octanol–water partition coefficient (Wildman–Crippen LogP) is 1.35. The van der Waals surface area contributed by atoms with Gasteiger partial charge >= 0.3 is 6.09 Å². The number of aliphatic hydroxyl groups excluding tert-OH is 1. The van der Waals surface area contributed by atoms with Crippen molar-refractivity contribution in [2.75, 3.05) is 26.3 Å². The van der Waals surface area contributed by atoms with Crippen molar-refractivity contribution >= 4 is 12.0 Å². The third-order valence-corrected chi connectivity index (χ3v) is 3.40. The Kier molecular flexibility index (Phi) is 4.92. The van der Waals surface area contributed by atoms with Crippen LogP contribution in [0.15, 0.2) is 5.16 Å². The van der Waals surface area contributed by atoms with Crippen LogP contribution in [0.3, 0.4) is 0 Å². The number of hydrogen-bond donors (Lipinski definition) is 1. The van der Waals surface area contributed by atoms with Crippen LogP contribution in [0.1, 0.15) is 33.6 Å². The lowest BCUT2D eigenvalue weighted by molar-refractivity contribution is -0.0251. The minimum Gasteiger partial charge on any atom is -0.469 e. The molecule has 1 fully saturated rings. The van der Waals surface area contributed by atoms with Crippen LogP contribution in [0, 0.1) is 5.92 Å². The van der Waals surface area contributed by atoms with E-state index >= 15 is 0 Å². The van der Waals surface area contributed by atoms with Gasteiger partial charge in [0, 0.05) is 19.0 Å². The van der Waals surface area contributed by atoms with E-state index in [4.69, 9.17) is 19.4 Å². The number of oxime groups is 1. The molecular weight excluding hydrogens is 276 g/mol. The summed E-state index contributed by atoms with van der Waals surface area (Å²) in [5, 5.41) is 13.0. The Morgan fingerprint density at radius 1 is 1.43 bits per heavy atom. The summed E-state index contributed by atoms with van der Waals surface area (Å²) in [5.41, 5.74) is -0.479. The predicted molar refractivity (Wildman–Crippen MR) is 75.9 cm³/mol. The average Bonchev–Trinajstić information content (AvgIpc) is 2.46. The van der Waals surface area contributed by atoms with Gasteiger partial charge < -0.3 is 24.3 Å². The number of likely N-dealkylation sites (tertiary alicyclic amines) is 1. The zero-order chi connectivity index (χ0) is 15.5. The van der Waals surface area contributed by atoms with E-state index in [1.165, 1.54) is 0 Å². The fraction of sp³-hybridized carbons (Fsp3) is 0.857. The van der Waals surface area contributed by atoms with Crippen LogP contribution in [0.4, 0.5) is 4.79 Å².